The van der Waals surface area contributed by atoms with E-state index in [4.69, 9.17) is 33.7 Å². The second-order valence-electron chi connectivity index (χ2n) is 5.78. The number of ketones is 2. The van der Waals surface area contributed by atoms with Crippen LogP contribution in [0.4, 0.5) is 5.69 Å². The maximum absolute atomic E-state index is 13.0. The van der Waals surface area contributed by atoms with Gasteiger partial charge in [-0.25, -0.2) is 0 Å². The van der Waals surface area contributed by atoms with E-state index in [1.54, 1.807) is 48.5 Å². The number of benzene rings is 3. The standard InChI is InChI=1S/C20H11Cl2NO3/c21-10-5-7-11(8-6-10)26-20-16-14(9-15(22)17(20)23)18(24)12-3-1-2-4-13(12)19(16)25/h1-9H,23H2. The van der Waals surface area contributed by atoms with E-state index < -0.39 is 0 Å². The average Bonchev–Trinajstić information content (AvgIpc) is 2.65. The van der Waals surface area contributed by atoms with Crippen molar-refractivity contribution >= 4 is 40.5 Å². The van der Waals surface area contributed by atoms with Gasteiger partial charge in [-0.05, 0) is 30.3 Å². The number of ether oxygens (including phenoxy) is 1. The zero-order chi connectivity index (χ0) is 18.4. The molecule has 4 rings (SSSR count). The van der Waals surface area contributed by atoms with Crippen molar-refractivity contribution in [3.05, 3.63) is 86.9 Å². The SMILES string of the molecule is Nc1c(Cl)cc2c(c1Oc1ccc(Cl)cc1)C(=O)c1ccccc1C2=O. The van der Waals surface area contributed by atoms with Gasteiger partial charge in [-0.15, -0.1) is 0 Å². The Morgan fingerprint density at radius 1 is 0.808 bits per heavy atom. The van der Waals surface area contributed by atoms with Gasteiger partial charge < -0.3 is 10.5 Å². The fraction of sp³-hybridized carbons (Fsp3) is 0. The summed E-state index contributed by atoms with van der Waals surface area (Å²) < 4.78 is 5.84. The zero-order valence-electron chi connectivity index (χ0n) is 13.3. The van der Waals surface area contributed by atoms with Crippen molar-refractivity contribution in [1.82, 2.24) is 0 Å². The summed E-state index contributed by atoms with van der Waals surface area (Å²) in [7, 11) is 0. The molecule has 3 aromatic rings. The number of carbonyl (C=O) groups is 2. The van der Waals surface area contributed by atoms with Crippen LogP contribution in [0.5, 0.6) is 11.5 Å². The Hall–Kier alpha value is -2.82. The zero-order valence-corrected chi connectivity index (χ0v) is 14.8. The highest BCUT2D eigenvalue weighted by Gasteiger charge is 2.34. The van der Waals surface area contributed by atoms with Crippen molar-refractivity contribution in [3.63, 3.8) is 0 Å². The number of halogens is 2. The number of fused-ring (bicyclic) bond motifs is 2. The third-order valence-electron chi connectivity index (χ3n) is 4.19. The normalized spacial score (nSPS) is 12.5. The van der Waals surface area contributed by atoms with Crippen LogP contribution in [0, 0.1) is 0 Å². The molecule has 0 saturated heterocycles. The molecule has 0 aliphatic heterocycles. The van der Waals surface area contributed by atoms with Crippen molar-refractivity contribution in [2.75, 3.05) is 5.73 Å². The van der Waals surface area contributed by atoms with Crippen LogP contribution in [0.25, 0.3) is 0 Å². The van der Waals surface area contributed by atoms with E-state index in [-0.39, 0.29) is 39.2 Å². The molecule has 3 aromatic carbocycles. The largest absolute Gasteiger partial charge is 0.454 e. The predicted molar refractivity (Wildman–Crippen MR) is 101 cm³/mol. The summed E-state index contributed by atoms with van der Waals surface area (Å²) in [5, 5.41) is 0.687. The molecule has 2 N–H and O–H groups in total. The Labute approximate surface area is 159 Å². The van der Waals surface area contributed by atoms with Crippen molar-refractivity contribution in [3.8, 4) is 11.5 Å². The third kappa shape index (κ3) is 2.55. The molecular formula is C20H11Cl2NO3. The molecule has 128 valence electrons. The molecule has 0 heterocycles. The van der Waals surface area contributed by atoms with E-state index in [2.05, 4.69) is 0 Å². The highest BCUT2D eigenvalue weighted by molar-refractivity contribution is 6.36. The van der Waals surface area contributed by atoms with Crippen LogP contribution in [0.3, 0.4) is 0 Å². The topological polar surface area (TPSA) is 69.4 Å². The summed E-state index contributed by atoms with van der Waals surface area (Å²) in [6.07, 6.45) is 0. The lowest BCUT2D eigenvalue weighted by atomic mass is 9.83. The quantitative estimate of drug-likeness (QED) is 0.486. The van der Waals surface area contributed by atoms with Crippen LogP contribution in [-0.2, 0) is 0 Å². The lowest BCUT2D eigenvalue weighted by Crippen LogP contribution is -2.22. The van der Waals surface area contributed by atoms with Crippen LogP contribution in [-0.4, -0.2) is 11.6 Å². The number of anilines is 1. The molecule has 0 atom stereocenters. The minimum absolute atomic E-state index is 0.0719. The monoisotopic (exact) mass is 383 g/mol. The summed E-state index contributed by atoms with van der Waals surface area (Å²) in [5.74, 6) is -0.132. The minimum atomic E-state index is -0.331. The Balaban J connectivity index is 1.93. The van der Waals surface area contributed by atoms with E-state index >= 15 is 0 Å². The van der Waals surface area contributed by atoms with Gasteiger partial charge in [0.15, 0.2) is 17.3 Å². The molecule has 0 fully saturated rings. The molecule has 0 amide bonds. The molecule has 1 aliphatic rings. The van der Waals surface area contributed by atoms with Crippen LogP contribution in [0.1, 0.15) is 31.8 Å². The van der Waals surface area contributed by atoms with E-state index in [0.717, 1.165) is 0 Å². The van der Waals surface area contributed by atoms with Crippen molar-refractivity contribution in [2.24, 2.45) is 0 Å². The van der Waals surface area contributed by atoms with Gasteiger partial charge in [0.05, 0.1) is 16.3 Å². The third-order valence-corrected chi connectivity index (χ3v) is 4.76. The maximum atomic E-state index is 13.0. The van der Waals surface area contributed by atoms with Gasteiger partial charge >= 0.3 is 0 Å². The Morgan fingerprint density at radius 2 is 1.42 bits per heavy atom. The van der Waals surface area contributed by atoms with Crippen molar-refractivity contribution in [1.29, 1.82) is 0 Å². The smallest absolute Gasteiger partial charge is 0.198 e. The summed E-state index contributed by atoms with van der Waals surface area (Å²) in [6.45, 7) is 0. The van der Waals surface area contributed by atoms with Gasteiger partial charge in [0, 0.05) is 21.7 Å². The fourth-order valence-corrected chi connectivity index (χ4v) is 3.25. The number of hydrogen-bond acceptors (Lipinski definition) is 4. The summed E-state index contributed by atoms with van der Waals surface area (Å²) >= 11 is 12.1. The van der Waals surface area contributed by atoms with E-state index in [1.807, 2.05) is 0 Å². The molecule has 0 radical (unpaired) electrons. The first-order valence-corrected chi connectivity index (χ1v) is 8.47. The van der Waals surface area contributed by atoms with Gasteiger partial charge in [0.2, 0.25) is 0 Å². The average molecular weight is 384 g/mol. The van der Waals surface area contributed by atoms with Gasteiger partial charge in [-0.2, -0.15) is 0 Å². The van der Waals surface area contributed by atoms with E-state index in [1.165, 1.54) is 6.07 Å². The number of carbonyl (C=O) groups excluding carboxylic acids is 2. The second-order valence-corrected chi connectivity index (χ2v) is 6.63. The molecule has 0 saturated carbocycles. The number of rotatable bonds is 2. The number of nitrogens with two attached hydrogens (primary N) is 1. The Morgan fingerprint density at radius 3 is 2.08 bits per heavy atom. The highest BCUT2D eigenvalue weighted by Crippen LogP contribution is 2.42. The minimum Gasteiger partial charge on any atom is -0.454 e. The Bertz CT molecular complexity index is 1080. The van der Waals surface area contributed by atoms with Gasteiger partial charge in [0.25, 0.3) is 0 Å². The second kappa shape index (κ2) is 6.16. The molecule has 6 heteroatoms. The number of hydrogen-bond donors (Lipinski definition) is 1. The van der Waals surface area contributed by atoms with Gasteiger partial charge in [0.1, 0.15) is 5.75 Å². The first-order chi connectivity index (χ1) is 12.5. The molecule has 0 unspecified atom stereocenters. The summed E-state index contributed by atoms with van der Waals surface area (Å²) in [6, 6.07) is 14.6. The lowest BCUT2D eigenvalue weighted by molar-refractivity contribution is 0.0977. The lowest BCUT2D eigenvalue weighted by Gasteiger charge is -2.22. The fourth-order valence-electron chi connectivity index (χ4n) is 2.93. The first-order valence-electron chi connectivity index (χ1n) is 7.71. The van der Waals surface area contributed by atoms with Crippen LogP contribution < -0.4 is 10.5 Å². The number of nitrogen functional groups attached to an aromatic ring is 1. The molecule has 0 bridgehead atoms. The van der Waals surface area contributed by atoms with E-state index in [0.29, 0.717) is 21.9 Å². The first kappa shape index (κ1) is 16.6. The van der Waals surface area contributed by atoms with Crippen LogP contribution in [0.2, 0.25) is 10.0 Å². The highest BCUT2D eigenvalue weighted by atomic mass is 35.5. The summed E-state index contributed by atoms with van der Waals surface area (Å²) in [5.41, 5.74) is 7.11. The van der Waals surface area contributed by atoms with E-state index in [9.17, 15) is 9.59 Å². The molecule has 26 heavy (non-hydrogen) atoms. The van der Waals surface area contributed by atoms with Crippen LogP contribution >= 0.6 is 23.2 Å². The predicted octanol–water partition coefficient (Wildman–Crippen LogP) is 5.14. The van der Waals surface area contributed by atoms with Crippen LogP contribution in [0.15, 0.2) is 54.6 Å². The molecule has 0 aromatic heterocycles. The van der Waals surface area contributed by atoms with Gasteiger partial charge in [-0.3, -0.25) is 9.59 Å². The van der Waals surface area contributed by atoms with Crippen molar-refractivity contribution in [2.45, 2.75) is 0 Å². The van der Waals surface area contributed by atoms with Gasteiger partial charge in [-0.1, -0.05) is 47.5 Å². The van der Waals surface area contributed by atoms with Crippen molar-refractivity contribution < 1.29 is 14.3 Å². The molecular weight excluding hydrogens is 373 g/mol. The maximum Gasteiger partial charge on any atom is 0.198 e. The molecule has 4 nitrogen and oxygen atoms in total. The Kier molecular flexibility index (Phi) is 3.94. The summed E-state index contributed by atoms with van der Waals surface area (Å²) in [4.78, 5) is 25.9. The molecule has 0 spiro atoms. The molecule has 1 aliphatic carbocycles.